The first-order valence-electron chi connectivity index (χ1n) is 6.13. The Morgan fingerprint density at radius 1 is 1.24 bits per heavy atom. The van der Waals surface area contributed by atoms with Crippen molar-refractivity contribution >= 4 is 21.6 Å². The predicted octanol–water partition coefficient (Wildman–Crippen LogP) is 4.69. The van der Waals surface area contributed by atoms with Crippen molar-refractivity contribution in [1.29, 1.82) is 0 Å². The standard InChI is InChI=1S/C14H22BrNO/c1-10(2)5-6-11(3)16-13-9-12(15)7-8-14(13)17-4/h7-11,16H,5-6H2,1-4H3. The Balaban J connectivity index is 2.63. The van der Waals surface area contributed by atoms with Gasteiger partial charge in [-0.2, -0.15) is 0 Å². The summed E-state index contributed by atoms with van der Waals surface area (Å²) in [6.45, 7) is 6.72. The summed E-state index contributed by atoms with van der Waals surface area (Å²) in [6, 6.07) is 6.48. The summed E-state index contributed by atoms with van der Waals surface area (Å²) < 4.78 is 6.41. The van der Waals surface area contributed by atoms with Crippen molar-refractivity contribution in [2.24, 2.45) is 5.92 Å². The molecule has 96 valence electrons. The maximum absolute atomic E-state index is 5.34. The van der Waals surface area contributed by atoms with Gasteiger partial charge in [0.25, 0.3) is 0 Å². The lowest BCUT2D eigenvalue weighted by Gasteiger charge is -2.18. The van der Waals surface area contributed by atoms with Gasteiger partial charge in [-0.3, -0.25) is 0 Å². The second kappa shape index (κ2) is 6.90. The van der Waals surface area contributed by atoms with Crippen molar-refractivity contribution in [2.75, 3.05) is 12.4 Å². The lowest BCUT2D eigenvalue weighted by molar-refractivity contribution is 0.415. The van der Waals surface area contributed by atoms with Gasteiger partial charge in [-0.1, -0.05) is 29.8 Å². The van der Waals surface area contributed by atoms with Gasteiger partial charge in [-0.15, -0.1) is 0 Å². The third-order valence-electron chi connectivity index (χ3n) is 2.74. The van der Waals surface area contributed by atoms with E-state index in [2.05, 4.69) is 48.1 Å². The largest absolute Gasteiger partial charge is 0.495 e. The third-order valence-corrected chi connectivity index (χ3v) is 3.23. The molecule has 3 heteroatoms. The topological polar surface area (TPSA) is 21.3 Å². The van der Waals surface area contributed by atoms with Crippen molar-refractivity contribution in [2.45, 2.75) is 39.7 Å². The van der Waals surface area contributed by atoms with Crippen molar-refractivity contribution in [1.82, 2.24) is 0 Å². The van der Waals surface area contributed by atoms with Gasteiger partial charge in [-0.05, 0) is 43.9 Å². The molecule has 0 aliphatic heterocycles. The Morgan fingerprint density at radius 2 is 1.94 bits per heavy atom. The maximum atomic E-state index is 5.34. The molecule has 1 N–H and O–H groups in total. The number of nitrogens with one attached hydrogen (secondary N) is 1. The van der Waals surface area contributed by atoms with Crippen LogP contribution in [0, 0.1) is 5.92 Å². The zero-order valence-electron chi connectivity index (χ0n) is 11.1. The summed E-state index contributed by atoms with van der Waals surface area (Å²) in [5.41, 5.74) is 1.05. The molecule has 0 saturated carbocycles. The quantitative estimate of drug-likeness (QED) is 0.822. The molecule has 1 aromatic rings. The molecule has 0 fully saturated rings. The molecule has 1 aromatic carbocycles. The highest BCUT2D eigenvalue weighted by Crippen LogP contribution is 2.29. The summed E-state index contributed by atoms with van der Waals surface area (Å²) in [5, 5.41) is 3.50. The molecule has 1 unspecified atom stereocenters. The lowest BCUT2D eigenvalue weighted by Crippen LogP contribution is -2.16. The first-order chi connectivity index (χ1) is 8.02. The maximum Gasteiger partial charge on any atom is 0.142 e. The summed E-state index contributed by atoms with van der Waals surface area (Å²) in [4.78, 5) is 0. The van der Waals surface area contributed by atoms with Crippen molar-refractivity contribution < 1.29 is 4.74 Å². The molecule has 0 bridgehead atoms. The van der Waals surface area contributed by atoms with E-state index >= 15 is 0 Å². The minimum Gasteiger partial charge on any atom is -0.495 e. The SMILES string of the molecule is COc1ccc(Br)cc1NC(C)CCC(C)C. The van der Waals surface area contributed by atoms with Gasteiger partial charge in [0.1, 0.15) is 5.75 Å². The summed E-state index contributed by atoms with van der Waals surface area (Å²) >= 11 is 3.48. The van der Waals surface area contributed by atoms with Crippen molar-refractivity contribution in [3.05, 3.63) is 22.7 Å². The zero-order chi connectivity index (χ0) is 12.8. The minimum atomic E-state index is 0.459. The van der Waals surface area contributed by atoms with Crippen LogP contribution in [0.25, 0.3) is 0 Å². The Kier molecular flexibility index (Phi) is 5.83. The third kappa shape index (κ3) is 4.99. The fourth-order valence-electron chi connectivity index (χ4n) is 1.71. The molecule has 0 aliphatic rings. The van der Waals surface area contributed by atoms with Gasteiger partial charge in [0, 0.05) is 10.5 Å². The van der Waals surface area contributed by atoms with Crippen LogP contribution in [0.5, 0.6) is 5.75 Å². The Hall–Kier alpha value is -0.700. The van der Waals surface area contributed by atoms with E-state index in [1.165, 1.54) is 12.8 Å². The van der Waals surface area contributed by atoms with Crippen LogP contribution in [-0.2, 0) is 0 Å². The van der Waals surface area contributed by atoms with Gasteiger partial charge in [0.15, 0.2) is 0 Å². The average molecular weight is 300 g/mol. The van der Waals surface area contributed by atoms with Crippen LogP contribution >= 0.6 is 15.9 Å². The Morgan fingerprint density at radius 3 is 2.53 bits per heavy atom. The van der Waals surface area contributed by atoms with Gasteiger partial charge in [0.05, 0.1) is 12.8 Å². The van der Waals surface area contributed by atoms with Gasteiger partial charge >= 0.3 is 0 Å². The number of hydrogen-bond donors (Lipinski definition) is 1. The molecule has 1 rings (SSSR count). The number of methoxy groups -OCH3 is 1. The molecule has 2 nitrogen and oxygen atoms in total. The highest BCUT2D eigenvalue weighted by Gasteiger charge is 2.08. The second-order valence-corrected chi connectivity index (χ2v) is 5.78. The molecule has 0 aliphatic carbocycles. The second-order valence-electron chi connectivity index (χ2n) is 4.86. The molecule has 17 heavy (non-hydrogen) atoms. The first kappa shape index (κ1) is 14.4. The molecule has 0 saturated heterocycles. The fourth-order valence-corrected chi connectivity index (χ4v) is 2.08. The van der Waals surface area contributed by atoms with E-state index < -0.39 is 0 Å². The van der Waals surface area contributed by atoms with Crippen LogP contribution in [0.1, 0.15) is 33.6 Å². The molecular weight excluding hydrogens is 278 g/mol. The Labute approximate surface area is 113 Å². The monoisotopic (exact) mass is 299 g/mol. The molecule has 0 heterocycles. The smallest absolute Gasteiger partial charge is 0.142 e. The van der Waals surface area contributed by atoms with E-state index in [-0.39, 0.29) is 0 Å². The number of anilines is 1. The molecule has 1 atom stereocenters. The van der Waals surface area contributed by atoms with Gasteiger partial charge in [0.2, 0.25) is 0 Å². The minimum absolute atomic E-state index is 0.459. The molecule has 0 radical (unpaired) electrons. The highest BCUT2D eigenvalue weighted by atomic mass is 79.9. The summed E-state index contributed by atoms with van der Waals surface area (Å²) in [6.07, 6.45) is 2.41. The van der Waals surface area contributed by atoms with E-state index in [1.807, 2.05) is 12.1 Å². The normalized spacial score (nSPS) is 12.6. The number of hydrogen-bond acceptors (Lipinski definition) is 2. The number of rotatable bonds is 6. The average Bonchev–Trinajstić information content (AvgIpc) is 2.27. The fraction of sp³-hybridized carbons (Fsp3) is 0.571. The highest BCUT2D eigenvalue weighted by molar-refractivity contribution is 9.10. The van der Waals surface area contributed by atoms with Crippen LogP contribution in [0.15, 0.2) is 22.7 Å². The van der Waals surface area contributed by atoms with Gasteiger partial charge in [-0.25, -0.2) is 0 Å². The van der Waals surface area contributed by atoms with Crippen LogP contribution in [0.4, 0.5) is 5.69 Å². The lowest BCUT2D eigenvalue weighted by atomic mass is 10.0. The number of benzene rings is 1. The number of halogens is 1. The van der Waals surface area contributed by atoms with E-state index in [9.17, 15) is 0 Å². The number of ether oxygens (including phenoxy) is 1. The van der Waals surface area contributed by atoms with Crippen LogP contribution in [0.2, 0.25) is 0 Å². The molecule has 0 aromatic heterocycles. The van der Waals surface area contributed by atoms with Crippen molar-refractivity contribution in [3.8, 4) is 5.75 Å². The zero-order valence-corrected chi connectivity index (χ0v) is 12.7. The molecular formula is C14H22BrNO. The van der Waals surface area contributed by atoms with E-state index in [4.69, 9.17) is 4.74 Å². The first-order valence-corrected chi connectivity index (χ1v) is 6.92. The van der Waals surface area contributed by atoms with Crippen LogP contribution in [-0.4, -0.2) is 13.2 Å². The van der Waals surface area contributed by atoms with E-state index in [0.717, 1.165) is 21.8 Å². The Bertz CT molecular complexity index is 352. The summed E-state index contributed by atoms with van der Waals surface area (Å²) in [7, 11) is 1.70. The summed E-state index contributed by atoms with van der Waals surface area (Å²) in [5.74, 6) is 1.65. The molecule has 0 spiro atoms. The molecule has 0 amide bonds. The predicted molar refractivity (Wildman–Crippen MR) is 77.9 cm³/mol. The van der Waals surface area contributed by atoms with Crippen LogP contribution in [0.3, 0.4) is 0 Å². The van der Waals surface area contributed by atoms with Crippen LogP contribution < -0.4 is 10.1 Å². The van der Waals surface area contributed by atoms with E-state index in [0.29, 0.717) is 6.04 Å². The van der Waals surface area contributed by atoms with Gasteiger partial charge < -0.3 is 10.1 Å². The van der Waals surface area contributed by atoms with Crippen molar-refractivity contribution in [3.63, 3.8) is 0 Å². The van der Waals surface area contributed by atoms with E-state index in [1.54, 1.807) is 7.11 Å².